The van der Waals surface area contributed by atoms with Crippen LogP contribution in [0.25, 0.3) is 5.69 Å². The van der Waals surface area contributed by atoms with E-state index in [2.05, 4.69) is 16.5 Å². The SMILES string of the molecule is CCN(CC)C(=O)c1cnn(-c2ccccc2)c1NC(=O)COc1cc(C)cc(C)c1C. The monoisotopic (exact) mass is 434 g/mol. The second-order valence-electron chi connectivity index (χ2n) is 7.67. The van der Waals surface area contributed by atoms with Gasteiger partial charge in [0.1, 0.15) is 17.1 Å². The number of rotatable bonds is 8. The number of aromatic nitrogens is 2. The minimum atomic E-state index is -0.366. The normalized spacial score (nSPS) is 10.7. The molecule has 168 valence electrons. The lowest BCUT2D eigenvalue weighted by molar-refractivity contribution is -0.118. The van der Waals surface area contributed by atoms with Crippen molar-refractivity contribution in [3.05, 3.63) is 70.9 Å². The van der Waals surface area contributed by atoms with Gasteiger partial charge in [-0.2, -0.15) is 5.10 Å². The first-order valence-corrected chi connectivity index (χ1v) is 10.8. The van der Waals surface area contributed by atoms with E-state index >= 15 is 0 Å². The first-order chi connectivity index (χ1) is 15.3. The van der Waals surface area contributed by atoms with Crippen molar-refractivity contribution in [1.29, 1.82) is 0 Å². The molecule has 0 unspecified atom stereocenters. The molecule has 7 nitrogen and oxygen atoms in total. The smallest absolute Gasteiger partial charge is 0.263 e. The van der Waals surface area contributed by atoms with Crippen LogP contribution in [0.2, 0.25) is 0 Å². The van der Waals surface area contributed by atoms with Crippen molar-refractivity contribution < 1.29 is 14.3 Å². The Morgan fingerprint density at radius 2 is 1.75 bits per heavy atom. The number of hydrogen-bond donors (Lipinski definition) is 1. The Bertz CT molecular complexity index is 1100. The molecule has 0 spiro atoms. The molecule has 7 heteroatoms. The Labute approximate surface area is 189 Å². The van der Waals surface area contributed by atoms with Crippen LogP contribution in [-0.4, -0.2) is 46.2 Å². The summed E-state index contributed by atoms with van der Waals surface area (Å²) >= 11 is 0. The molecule has 0 atom stereocenters. The summed E-state index contributed by atoms with van der Waals surface area (Å²) in [5.41, 5.74) is 4.25. The Kier molecular flexibility index (Phi) is 7.30. The average molecular weight is 435 g/mol. The molecule has 0 bridgehead atoms. The lowest BCUT2D eigenvalue weighted by Crippen LogP contribution is -2.31. The van der Waals surface area contributed by atoms with Crippen molar-refractivity contribution in [3.63, 3.8) is 0 Å². The molecule has 0 saturated carbocycles. The van der Waals surface area contributed by atoms with Crippen molar-refractivity contribution >= 4 is 17.6 Å². The summed E-state index contributed by atoms with van der Waals surface area (Å²) in [5, 5.41) is 7.23. The first-order valence-electron chi connectivity index (χ1n) is 10.8. The molecule has 0 radical (unpaired) electrons. The molecule has 2 aromatic carbocycles. The lowest BCUT2D eigenvalue weighted by Gasteiger charge is -2.19. The van der Waals surface area contributed by atoms with Gasteiger partial charge in [-0.1, -0.05) is 24.3 Å². The molecule has 3 rings (SSSR count). The van der Waals surface area contributed by atoms with Crippen LogP contribution in [0.15, 0.2) is 48.7 Å². The maximum atomic E-state index is 13.0. The number of para-hydroxylation sites is 1. The van der Waals surface area contributed by atoms with E-state index in [9.17, 15) is 9.59 Å². The first kappa shape index (κ1) is 23.1. The molecule has 0 aliphatic rings. The molecule has 32 heavy (non-hydrogen) atoms. The molecule has 1 heterocycles. The molecule has 1 aromatic heterocycles. The number of amides is 2. The van der Waals surface area contributed by atoms with E-state index in [4.69, 9.17) is 4.74 Å². The van der Waals surface area contributed by atoms with E-state index in [0.29, 0.717) is 30.2 Å². The molecule has 0 aliphatic heterocycles. The number of benzene rings is 2. The van der Waals surface area contributed by atoms with Gasteiger partial charge in [0.2, 0.25) is 0 Å². The number of carbonyl (C=O) groups excluding carboxylic acids is 2. The van der Waals surface area contributed by atoms with Crippen LogP contribution in [0.3, 0.4) is 0 Å². The van der Waals surface area contributed by atoms with Gasteiger partial charge in [-0.05, 0) is 69.5 Å². The van der Waals surface area contributed by atoms with Crippen LogP contribution in [0.5, 0.6) is 5.75 Å². The van der Waals surface area contributed by atoms with Crippen LogP contribution < -0.4 is 10.1 Å². The fourth-order valence-electron chi connectivity index (χ4n) is 3.53. The Morgan fingerprint density at radius 1 is 1.06 bits per heavy atom. The van der Waals surface area contributed by atoms with E-state index in [1.165, 1.54) is 6.20 Å². The highest BCUT2D eigenvalue weighted by molar-refractivity contribution is 6.03. The van der Waals surface area contributed by atoms with Crippen LogP contribution >= 0.6 is 0 Å². The maximum Gasteiger partial charge on any atom is 0.263 e. The standard InChI is InChI=1S/C25H30N4O3/c1-6-28(7-2)25(31)21-15-26-29(20-11-9-8-10-12-20)24(21)27-23(30)16-32-22-14-17(3)13-18(4)19(22)5/h8-15H,6-7,16H2,1-5H3,(H,27,30). The number of carbonyl (C=O) groups is 2. The van der Waals surface area contributed by atoms with Gasteiger partial charge in [-0.15, -0.1) is 0 Å². The van der Waals surface area contributed by atoms with Crippen molar-refractivity contribution in [3.8, 4) is 11.4 Å². The second kappa shape index (κ2) is 10.1. The summed E-state index contributed by atoms with van der Waals surface area (Å²) in [4.78, 5) is 27.6. The molecule has 0 aliphatic carbocycles. The highest BCUT2D eigenvalue weighted by Gasteiger charge is 2.23. The Hall–Kier alpha value is -3.61. The van der Waals surface area contributed by atoms with E-state index in [-0.39, 0.29) is 18.4 Å². The third kappa shape index (κ3) is 4.99. The summed E-state index contributed by atoms with van der Waals surface area (Å²) < 4.78 is 7.37. The average Bonchev–Trinajstić information content (AvgIpc) is 3.19. The highest BCUT2D eigenvalue weighted by atomic mass is 16.5. The Balaban J connectivity index is 1.87. The largest absolute Gasteiger partial charge is 0.483 e. The minimum absolute atomic E-state index is 0.178. The number of nitrogens with zero attached hydrogens (tertiary/aromatic N) is 3. The van der Waals surface area contributed by atoms with Crippen LogP contribution in [-0.2, 0) is 4.79 Å². The van der Waals surface area contributed by atoms with Crippen molar-refractivity contribution in [1.82, 2.24) is 14.7 Å². The number of hydrogen-bond acceptors (Lipinski definition) is 4. The quantitative estimate of drug-likeness (QED) is 0.574. The molecule has 3 aromatic rings. The fraction of sp³-hybridized carbons (Fsp3) is 0.320. The molecule has 1 N–H and O–H groups in total. The predicted molar refractivity (Wildman–Crippen MR) is 126 cm³/mol. The number of aryl methyl sites for hydroxylation is 2. The number of nitrogens with one attached hydrogen (secondary N) is 1. The summed E-state index contributed by atoms with van der Waals surface area (Å²) in [6, 6.07) is 13.4. The van der Waals surface area contributed by atoms with Gasteiger partial charge in [-0.3, -0.25) is 9.59 Å². The van der Waals surface area contributed by atoms with Gasteiger partial charge in [0.05, 0.1) is 11.9 Å². The lowest BCUT2D eigenvalue weighted by atomic mass is 10.1. The fourth-order valence-corrected chi connectivity index (χ4v) is 3.53. The zero-order valence-corrected chi connectivity index (χ0v) is 19.3. The van der Waals surface area contributed by atoms with Crippen LogP contribution in [0, 0.1) is 20.8 Å². The minimum Gasteiger partial charge on any atom is -0.483 e. The van der Waals surface area contributed by atoms with Crippen LogP contribution in [0.4, 0.5) is 5.82 Å². The van der Waals surface area contributed by atoms with E-state index < -0.39 is 0 Å². The van der Waals surface area contributed by atoms with E-state index in [1.807, 2.05) is 71.0 Å². The Morgan fingerprint density at radius 3 is 2.41 bits per heavy atom. The number of anilines is 1. The van der Waals surface area contributed by atoms with Gasteiger partial charge in [0.25, 0.3) is 11.8 Å². The summed E-state index contributed by atoms with van der Waals surface area (Å²) in [5.74, 6) is 0.459. The van der Waals surface area contributed by atoms with Crippen molar-refractivity contribution in [2.45, 2.75) is 34.6 Å². The molecule has 2 amide bonds. The molecule has 0 saturated heterocycles. The zero-order valence-electron chi connectivity index (χ0n) is 19.3. The number of ether oxygens (including phenoxy) is 1. The van der Waals surface area contributed by atoms with Crippen molar-refractivity contribution in [2.75, 3.05) is 25.0 Å². The van der Waals surface area contributed by atoms with Gasteiger partial charge in [0, 0.05) is 13.1 Å². The summed E-state index contributed by atoms with van der Waals surface area (Å²) in [6.45, 7) is 10.8. The van der Waals surface area contributed by atoms with Crippen molar-refractivity contribution in [2.24, 2.45) is 0 Å². The van der Waals surface area contributed by atoms with Gasteiger partial charge in [0.15, 0.2) is 6.61 Å². The highest BCUT2D eigenvalue weighted by Crippen LogP contribution is 2.24. The van der Waals surface area contributed by atoms with E-state index in [0.717, 1.165) is 22.4 Å². The zero-order chi connectivity index (χ0) is 23.3. The second-order valence-corrected chi connectivity index (χ2v) is 7.67. The van der Waals surface area contributed by atoms with Gasteiger partial charge >= 0.3 is 0 Å². The topological polar surface area (TPSA) is 76.5 Å². The molecular formula is C25H30N4O3. The third-order valence-electron chi connectivity index (χ3n) is 5.43. The predicted octanol–water partition coefficient (Wildman–Crippen LogP) is 4.30. The summed E-state index contributed by atoms with van der Waals surface area (Å²) in [6.07, 6.45) is 1.50. The van der Waals surface area contributed by atoms with E-state index in [1.54, 1.807) is 9.58 Å². The van der Waals surface area contributed by atoms with Gasteiger partial charge < -0.3 is 15.0 Å². The summed E-state index contributed by atoms with van der Waals surface area (Å²) in [7, 11) is 0. The third-order valence-corrected chi connectivity index (χ3v) is 5.43. The van der Waals surface area contributed by atoms with Crippen LogP contribution in [0.1, 0.15) is 40.9 Å². The molecular weight excluding hydrogens is 404 g/mol. The maximum absolute atomic E-state index is 13.0. The molecule has 0 fully saturated rings. The van der Waals surface area contributed by atoms with Gasteiger partial charge in [-0.25, -0.2) is 4.68 Å².